The average molecular weight is 243 g/mol. The minimum Gasteiger partial charge on any atom is -0.481 e. The fraction of sp³-hybridized carbons (Fsp3) is 0.154. The molecule has 1 heterocycles. The maximum Gasteiger partial charge on any atom is 0.305 e. The molecule has 18 heavy (non-hydrogen) atoms. The van der Waals surface area contributed by atoms with Crippen LogP contribution in [-0.4, -0.2) is 21.0 Å². The van der Waals surface area contributed by atoms with Crippen LogP contribution in [0.4, 0.5) is 0 Å². The summed E-state index contributed by atoms with van der Waals surface area (Å²) in [5, 5.41) is 8.73. The van der Waals surface area contributed by atoms with E-state index in [0.29, 0.717) is 0 Å². The van der Waals surface area contributed by atoms with Gasteiger partial charge in [0.2, 0.25) is 0 Å². The summed E-state index contributed by atoms with van der Waals surface area (Å²) in [6, 6.07) is 6.87. The number of benzene rings is 1. The second-order valence-corrected chi connectivity index (χ2v) is 3.92. The summed E-state index contributed by atoms with van der Waals surface area (Å²) in [6.45, 7) is 0. The van der Waals surface area contributed by atoms with Crippen molar-refractivity contribution < 1.29 is 9.90 Å². The van der Waals surface area contributed by atoms with Crippen LogP contribution in [0, 0.1) is 0 Å². The molecule has 0 bridgehead atoms. The van der Waals surface area contributed by atoms with Crippen LogP contribution in [0.15, 0.2) is 42.9 Å². The van der Waals surface area contributed by atoms with Crippen LogP contribution in [0.25, 0.3) is 11.3 Å². The Labute approximate surface area is 104 Å². The first kappa shape index (κ1) is 12.2. The van der Waals surface area contributed by atoms with Gasteiger partial charge < -0.3 is 10.8 Å². The van der Waals surface area contributed by atoms with Crippen molar-refractivity contribution in [3.8, 4) is 11.3 Å². The van der Waals surface area contributed by atoms with Crippen molar-refractivity contribution in [2.75, 3.05) is 0 Å². The van der Waals surface area contributed by atoms with Gasteiger partial charge in [-0.1, -0.05) is 18.2 Å². The minimum absolute atomic E-state index is 0.0933. The van der Waals surface area contributed by atoms with E-state index in [1.807, 2.05) is 24.3 Å². The van der Waals surface area contributed by atoms with Crippen LogP contribution >= 0.6 is 0 Å². The lowest BCUT2D eigenvalue weighted by molar-refractivity contribution is -0.137. The molecule has 5 heteroatoms. The molecule has 1 aromatic heterocycles. The van der Waals surface area contributed by atoms with Gasteiger partial charge in [-0.05, 0) is 11.6 Å². The SMILES string of the molecule is NC(CC(=O)O)c1cccc(-c2cnccn2)c1. The van der Waals surface area contributed by atoms with Crippen LogP contribution in [0.3, 0.4) is 0 Å². The van der Waals surface area contributed by atoms with E-state index < -0.39 is 12.0 Å². The molecule has 0 fully saturated rings. The molecule has 1 atom stereocenters. The predicted molar refractivity (Wildman–Crippen MR) is 66.6 cm³/mol. The topological polar surface area (TPSA) is 89.1 Å². The molecule has 0 aliphatic carbocycles. The summed E-state index contributed by atoms with van der Waals surface area (Å²) in [7, 11) is 0. The number of hydrogen-bond acceptors (Lipinski definition) is 4. The Balaban J connectivity index is 2.28. The van der Waals surface area contributed by atoms with Crippen molar-refractivity contribution in [2.24, 2.45) is 5.73 Å². The standard InChI is InChI=1S/C13H13N3O2/c14-11(7-13(17)18)9-2-1-3-10(6-9)12-8-15-4-5-16-12/h1-6,8,11H,7,14H2,(H,17,18). The maximum absolute atomic E-state index is 10.6. The van der Waals surface area contributed by atoms with Crippen LogP contribution in [0.5, 0.6) is 0 Å². The first-order valence-corrected chi connectivity index (χ1v) is 5.50. The highest BCUT2D eigenvalue weighted by molar-refractivity contribution is 5.68. The zero-order chi connectivity index (χ0) is 13.0. The molecular weight excluding hydrogens is 230 g/mol. The number of carbonyl (C=O) groups is 1. The van der Waals surface area contributed by atoms with Gasteiger partial charge in [-0.2, -0.15) is 0 Å². The lowest BCUT2D eigenvalue weighted by Crippen LogP contribution is -2.14. The number of aliphatic carboxylic acids is 1. The smallest absolute Gasteiger partial charge is 0.305 e. The zero-order valence-electron chi connectivity index (χ0n) is 9.65. The molecule has 2 aromatic rings. The molecule has 92 valence electrons. The van der Waals surface area contributed by atoms with Gasteiger partial charge in [-0.15, -0.1) is 0 Å². The number of carboxylic acid groups (broad SMARTS) is 1. The summed E-state index contributed by atoms with van der Waals surface area (Å²) in [5.41, 5.74) is 8.22. The van der Waals surface area contributed by atoms with Gasteiger partial charge in [0.05, 0.1) is 18.3 Å². The average Bonchev–Trinajstić information content (AvgIpc) is 2.39. The second-order valence-electron chi connectivity index (χ2n) is 3.92. The Bertz CT molecular complexity index is 543. The molecule has 2 rings (SSSR count). The largest absolute Gasteiger partial charge is 0.481 e. The van der Waals surface area contributed by atoms with Gasteiger partial charge in [-0.3, -0.25) is 14.8 Å². The molecule has 1 aromatic carbocycles. The van der Waals surface area contributed by atoms with Gasteiger partial charge in [-0.25, -0.2) is 0 Å². The van der Waals surface area contributed by atoms with Crippen molar-refractivity contribution in [3.63, 3.8) is 0 Å². The summed E-state index contributed by atoms with van der Waals surface area (Å²) >= 11 is 0. The number of aromatic nitrogens is 2. The summed E-state index contributed by atoms with van der Waals surface area (Å²) in [5.74, 6) is -0.910. The lowest BCUT2D eigenvalue weighted by atomic mass is 10.0. The monoisotopic (exact) mass is 243 g/mol. The number of hydrogen-bond donors (Lipinski definition) is 2. The Hall–Kier alpha value is -2.27. The highest BCUT2D eigenvalue weighted by Crippen LogP contribution is 2.21. The zero-order valence-corrected chi connectivity index (χ0v) is 9.65. The molecule has 0 aliphatic heterocycles. The van der Waals surface area contributed by atoms with E-state index >= 15 is 0 Å². The first-order valence-electron chi connectivity index (χ1n) is 5.50. The second kappa shape index (κ2) is 5.37. The van der Waals surface area contributed by atoms with Gasteiger partial charge >= 0.3 is 5.97 Å². The molecule has 0 radical (unpaired) electrons. The Kier molecular flexibility index (Phi) is 3.64. The molecule has 0 saturated heterocycles. The third-order valence-electron chi connectivity index (χ3n) is 2.57. The minimum atomic E-state index is -0.910. The molecule has 0 saturated carbocycles. The van der Waals surface area contributed by atoms with E-state index in [-0.39, 0.29) is 6.42 Å². The number of nitrogens with two attached hydrogens (primary N) is 1. The number of carboxylic acids is 1. The predicted octanol–water partition coefficient (Wildman–Crippen LogP) is 1.62. The molecular formula is C13H13N3O2. The highest BCUT2D eigenvalue weighted by Gasteiger charge is 2.11. The van der Waals surface area contributed by atoms with Crippen molar-refractivity contribution in [1.82, 2.24) is 9.97 Å². The molecule has 0 amide bonds. The molecule has 1 unspecified atom stereocenters. The van der Waals surface area contributed by atoms with Crippen molar-refractivity contribution in [2.45, 2.75) is 12.5 Å². The van der Waals surface area contributed by atoms with Crippen LogP contribution in [0.1, 0.15) is 18.0 Å². The summed E-state index contributed by atoms with van der Waals surface area (Å²) in [4.78, 5) is 18.8. The maximum atomic E-state index is 10.6. The Morgan fingerprint density at radius 1 is 1.39 bits per heavy atom. The molecule has 0 aliphatic rings. The Morgan fingerprint density at radius 3 is 2.89 bits per heavy atom. The number of rotatable bonds is 4. The van der Waals surface area contributed by atoms with E-state index in [1.54, 1.807) is 18.6 Å². The van der Waals surface area contributed by atoms with Gasteiger partial charge in [0, 0.05) is 24.0 Å². The Morgan fingerprint density at radius 2 is 2.22 bits per heavy atom. The quantitative estimate of drug-likeness (QED) is 0.851. The summed E-state index contributed by atoms with van der Waals surface area (Å²) < 4.78 is 0. The van der Waals surface area contributed by atoms with E-state index in [9.17, 15) is 4.79 Å². The molecule has 0 spiro atoms. The van der Waals surface area contributed by atoms with E-state index in [0.717, 1.165) is 16.8 Å². The van der Waals surface area contributed by atoms with Gasteiger partial charge in [0.25, 0.3) is 0 Å². The third-order valence-corrected chi connectivity index (χ3v) is 2.57. The van der Waals surface area contributed by atoms with Gasteiger partial charge in [0.15, 0.2) is 0 Å². The fourth-order valence-corrected chi connectivity index (χ4v) is 1.68. The van der Waals surface area contributed by atoms with Crippen molar-refractivity contribution in [1.29, 1.82) is 0 Å². The fourth-order valence-electron chi connectivity index (χ4n) is 1.68. The first-order chi connectivity index (χ1) is 8.66. The van der Waals surface area contributed by atoms with E-state index in [1.165, 1.54) is 0 Å². The molecule has 5 nitrogen and oxygen atoms in total. The lowest BCUT2D eigenvalue weighted by Gasteiger charge is -2.10. The third kappa shape index (κ3) is 2.89. The van der Waals surface area contributed by atoms with Crippen LogP contribution < -0.4 is 5.73 Å². The highest BCUT2D eigenvalue weighted by atomic mass is 16.4. The van der Waals surface area contributed by atoms with Gasteiger partial charge in [0.1, 0.15) is 0 Å². The normalized spacial score (nSPS) is 12.1. The van der Waals surface area contributed by atoms with Crippen molar-refractivity contribution in [3.05, 3.63) is 48.4 Å². The van der Waals surface area contributed by atoms with E-state index in [2.05, 4.69) is 9.97 Å². The molecule has 3 N–H and O–H groups in total. The van der Waals surface area contributed by atoms with Crippen molar-refractivity contribution >= 4 is 5.97 Å². The van der Waals surface area contributed by atoms with Crippen LogP contribution in [0.2, 0.25) is 0 Å². The number of nitrogens with zero attached hydrogens (tertiary/aromatic N) is 2. The van der Waals surface area contributed by atoms with Crippen LogP contribution in [-0.2, 0) is 4.79 Å². The van der Waals surface area contributed by atoms with E-state index in [4.69, 9.17) is 10.8 Å². The summed E-state index contributed by atoms with van der Waals surface area (Å²) in [6.07, 6.45) is 4.77.